The minimum absolute atomic E-state index is 0.231. The van der Waals surface area contributed by atoms with E-state index in [1.54, 1.807) is 0 Å². The number of benzene rings is 2. The molecule has 0 saturated carbocycles. The lowest BCUT2D eigenvalue weighted by Crippen LogP contribution is -2.20. The minimum Gasteiger partial charge on any atom is -0.0886 e. The summed E-state index contributed by atoms with van der Waals surface area (Å²) >= 11 is 5.49. The Labute approximate surface area is 133 Å². The van der Waals surface area contributed by atoms with E-state index in [0.29, 0.717) is 0 Å². The predicted molar refractivity (Wildman–Crippen MR) is 92.1 cm³/mol. The standard InChI is InChI=1S/C18H17BrS/c1-18(2)12-11-16(13-7-3-4-8-14(13)18)20-17-10-6-5-9-15(17)19/h3-11H,12H2,1-2H3. The molecular weight excluding hydrogens is 328 g/mol. The van der Waals surface area contributed by atoms with Crippen LogP contribution >= 0.6 is 27.7 Å². The molecule has 0 radical (unpaired) electrons. The number of hydrogen-bond acceptors (Lipinski definition) is 1. The quantitative estimate of drug-likeness (QED) is 0.619. The maximum absolute atomic E-state index is 3.64. The molecule has 3 rings (SSSR count). The van der Waals surface area contributed by atoms with Crippen molar-refractivity contribution < 1.29 is 0 Å². The molecule has 0 N–H and O–H groups in total. The van der Waals surface area contributed by atoms with E-state index in [9.17, 15) is 0 Å². The minimum atomic E-state index is 0.231. The van der Waals surface area contributed by atoms with E-state index < -0.39 is 0 Å². The maximum atomic E-state index is 3.64. The Hall–Kier alpha value is -0.990. The number of halogens is 1. The first-order chi connectivity index (χ1) is 9.58. The second kappa shape index (κ2) is 5.42. The van der Waals surface area contributed by atoms with Crippen LogP contribution in [0.5, 0.6) is 0 Å². The van der Waals surface area contributed by atoms with Crippen LogP contribution in [0.3, 0.4) is 0 Å². The number of thioether (sulfide) groups is 1. The SMILES string of the molecule is CC1(C)CC=C(Sc2ccccc2Br)c2ccccc21. The molecule has 0 aromatic heterocycles. The smallest absolute Gasteiger partial charge is 0.0314 e. The molecule has 2 aromatic carbocycles. The van der Waals surface area contributed by atoms with Crippen molar-refractivity contribution in [3.05, 3.63) is 70.2 Å². The van der Waals surface area contributed by atoms with E-state index in [4.69, 9.17) is 0 Å². The topological polar surface area (TPSA) is 0 Å². The molecule has 1 aliphatic carbocycles. The van der Waals surface area contributed by atoms with Gasteiger partial charge in [0.1, 0.15) is 0 Å². The number of hydrogen-bond donors (Lipinski definition) is 0. The molecule has 0 atom stereocenters. The van der Waals surface area contributed by atoms with Crippen LogP contribution in [0.4, 0.5) is 0 Å². The van der Waals surface area contributed by atoms with E-state index in [2.05, 4.69) is 84.4 Å². The normalized spacial score (nSPS) is 16.4. The van der Waals surface area contributed by atoms with Gasteiger partial charge in [-0.2, -0.15) is 0 Å². The van der Waals surface area contributed by atoms with Gasteiger partial charge in [-0.15, -0.1) is 0 Å². The number of allylic oxidation sites excluding steroid dienone is 1. The van der Waals surface area contributed by atoms with E-state index >= 15 is 0 Å². The van der Waals surface area contributed by atoms with E-state index in [0.717, 1.165) is 10.9 Å². The Morgan fingerprint density at radius 1 is 1.00 bits per heavy atom. The van der Waals surface area contributed by atoms with Crippen molar-refractivity contribution in [1.82, 2.24) is 0 Å². The van der Waals surface area contributed by atoms with Crippen molar-refractivity contribution >= 4 is 32.6 Å². The summed E-state index contributed by atoms with van der Waals surface area (Å²) < 4.78 is 1.16. The van der Waals surface area contributed by atoms with Crippen molar-refractivity contribution in [2.45, 2.75) is 30.6 Å². The fourth-order valence-electron chi connectivity index (χ4n) is 2.60. The lowest BCUT2D eigenvalue weighted by atomic mass is 9.76. The molecule has 0 heterocycles. The van der Waals surface area contributed by atoms with Gasteiger partial charge < -0.3 is 0 Å². The highest BCUT2D eigenvalue weighted by atomic mass is 79.9. The zero-order chi connectivity index (χ0) is 14.2. The average molecular weight is 345 g/mol. The summed E-state index contributed by atoms with van der Waals surface area (Å²) in [6.07, 6.45) is 3.48. The summed E-state index contributed by atoms with van der Waals surface area (Å²) in [6.45, 7) is 4.64. The molecule has 102 valence electrons. The Balaban J connectivity index is 2.00. The van der Waals surface area contributed by atoms with Gasteiger partial charge in [0.15, 0.2) is 0 Å². The van der Waals surface area contributed by atoms with Crippen molar-refractivity contribution in [2.24, 2.45) is 0 Å². The van der Waals surface area contributed by atoms with Gasteiger partial charge >= 0.3 is 0 Å². The highest BCUT2D eigenvalue weighted by molar-refractivity contribution is 9.10. The fraction of sp³-hybridized carbons (Fsp3) is 0.222. The third kappa shape index (κ3) is 2.59. The van der Waals surface area contributed by atoms with Crippen LogP contribution in [-0.4, -0.2) is 0 Å². The number of rotatable bonds is 2. The summed E-state index contributed by atoms with van der Waals surface area (Å²) in [5.74, 6) is 0. The van der Waals surface area contributed by atoms with Crippen molar-refractivity contribution in [3.63, 3.8) is 0 Å². The summed E-state index contributed by atoms with van der Waals surface area (Å²) in [7, 11) is 0. The van der Waals surface area contributed by atoms with Crippen molar-refractivity contribution in [3.8, 4) is 0 Å². The third-order valence-electron chi connectivity index (χ3n) is 3.78. The Morgan fingerprint density at radius 3 is 2.50 bits per heavy atom. The molecule has 0 saturated heterocycles. The summed E-state index contributed by atoms with van der Waals surface area (Å²) in [5.41, 5.74) is 3.07. The lowest BCUT2D eigenvalue weighted by Gasteiger charge is -2.31. The zero-order valence-corrected chi connectivity index (χ0v) is 14.1. The largest absolute Gasteiger partial charge is 0.0886 e. The molecule has 2 heteroatoms. The maximum Gasteiger partial charge on any atom is 0.0314 e. The number of fused-ring (bicyclic) bond motifs is 1. The zero-order valence-electron chi connectivity index (χ0n) is 11.7. The summed E-state index contributed by atoms with van der Waals surface area (Å²) in [4.78, 5) is 2.64. The first kappa shape index (κ1) is 14.0. The van der Waals surface area contributed by atoms with Gasteiger partial charge in [-0.25, -0.2) is 0 Å². The Morgan fingerprint density at radius 2 is 1.70 bits per heavy atom. The molecular formula is C18H17BrS. The molecule has 0 amide bonds. The first-order valence-electron chi connectivity index (χ1n) is 6.80. The van der Waals surface area contributed by atoms with Crippen LogP contribution in [-0.2, 0) is 5.41 Å². The monoisotopic (exact) mass is 344 g/mol. The van der Waals surface area contributed by atoms with Gasteiger partial charge in [0.2, 0.25) is 0 Å². The highest BCUT2D eigenvalue weighted by Crippen LogP contribution is 2.46. The van der Waals surface area contributed by atoms with Crippen molar-refractivity contribution in [1.29, 1.82) is 0 Å². The van der Waals surface area contributed by atoms with Crippen LogP contribution in [0.1, 0.15) is 31.4 Å². The van der Waals surface area contributed by atoms with Gasteiger partial charge in [-0.3, -0.25) is 0 Å². The molecule has 0 aliphatic heterocycles. The Kier molecular flexibility index (Phi) is 3.78. The van der Waals surface area contributed by atoms with E-state index in [1.165, 1.54) is 20.9 Å². The van der Waals surface area contributed by atoms with Crippen LogP contribution < -0.4 is 0 Å². The molecule has 1 aliphatic rings. The molecule has 0 nitrogen and oxygen atoms in total. The van der Waals surface area contributed by atoms with Crippen LogP contribution in [0, 0.1) is 0 Å². The van der Waals surface area contributed by atoms with Crippen LogP contribution in [0.2, 0.25) is 0 Å². The predicted octanol–water partition coefficient (Wildman–Crippen LogP) is 6.26. The van der Waals surface area contributed by atoms with E-state index in [-0.39, 0.29) is 5.41 Å². The molecule has 0 unspecified atom stereocenters. The van der Waals surface area contributed by atoms with Gasteiger partial charge in [-0.05, 0) is 51.0 Å². The molecule has 20 heavy (non-hydrogen) atoms. The summed E-state index contributed by atoms with van der Waals surface area (Å²) in [5, 5.41) is 0. The van der Waals surface area contributed by atoms with Crippen molar-refractivity contribution in [2.75, 3.05) is 0 Å². The van der Waals surface area contributed by atoms with Gasteiger partial charge in [-0.1, -0.05) is 68.1 Å². The molecule has 0 spiro atoms. The first-order valence-corrected chi connectivity index (χ1v) is 8.41. The van der Waals surface area contributed by atoms with E-state index in [1.807, 2.05) is 11.8 Å². The Bertz CT molecular complexity index is 671. The second-order valence-electron chi connectivity index (χ2n) is 5.73. The lowest BCUT2D eigenvalue weighted by molar-refractivity contribution is 0.528. The van der Waals surface area contributed by atoms with Gasteiger partial charge in [0, 0.05) is 14.3 Å². The fourth-order valence-corrected chi connectivity index (χ4v) is 4.13. The third-order valence-corrected chi connectivity index (χ3v) is 5.91. The van der Waals surface area contributed by atoms with Crippen LogP contribution in [0.15, 0.2) is 64.0 Å². The van der Waals surface area contributed by atoms with Gasteiger partial charge in [0.05, 0.1) is 0 Å². The highest BCUT2D eigenvalue weighted by Gasteiger charge is 2.27. The molecule has 0 bridgehead atoms. The van der Waals surface area contributed by atoms with Crippen LogP contribution in [0.25, 0.3) is 4.91 Å². The molecule has 0 fully saturated rings. The van der Waals surface area contributed by atoms with Gasteiger partial charge in [0.25, 0.3) is 0 Å². The second-order valence-corrected chi connectivity index (χ2v) is 7.67. The summed E-state index contributed by atoms with van der Waals surface area (Å²) in [6, 6.07) is 17.2. The molecule has 2 aromatic rings. The average Bonchev–Trinajstić information content (AvgIpc) is 2.44.